The number of aromatic nitrogens is 1. The van der Waals surface area contributed by atoms with Crippen molar-refractivity contribution >= 4 is 17.2 Å². The highest BCUT2D eigenvalue weighted by Gasteiger charge is 2.15. The quantitative estimate of drug-likeness (QED) is 0.822. The Morgan fingerprint density at radius 1 is 1.36 bits per heavy atom. The van der Waals surface area contributed by atoms with Crippen LogP contribution in [0.5, 0.6) is 5.75 Å². The fourth-order valence-electron chi connectivity index (χ4n) is 2.75. The van der Waals surface area contributed by atoms with Crippen molar-refractivity contribution in [2.24, 2.45) is 0 Å². The van der Waals surface area contributed by atoms with E-state index in [1.54, 1.807) is 22.4 Å². The Morgan fingerprint density at radius 3 is 3.00 bits per heavy atom. The fraction of sp³-hybridized carbons (Fsp3) is 0.412. The van der Waals surface area contributed by atoms with E-state index in [1.165, 1.54) is 17.5 Å². The van der Waals surface area contributed by atoms with E-state index >= 15 is 0 Å². The van der Waals surface area contributed by atoms with E-state index in [4.69, 9.17) is 4.74 Å². The second kappa shape index (κ2) is 6.92. The summed E-state index contributed by atoms with van der Waals surface area (Å²) in [5.74, 6) is 0.789. The first kappa shape index (κ1) is 15.0. The third-order valence-corrected chi connectivity index (χ3v) is 4.74. The number of nitrogens with zero attached hydrogens (tertiary/aromatic N) is 2. The topological polar surface area (TPSA) is 42.4 Å². The molecule has 1 heterocycles. The number of carbonyl (C=O) groups excluding carboxylic acids is 1. The third kappa shape index (κ3) is 3.47. The SMILES string of the molecule is CCN(Cc1nccs1)C(=O)COc1ccc2c(c1)CCC2. The number of rotatable bonds is 6. The van der Waals surface area contributed by atoms with E-state index in [9.17, 15) is 4.79 Å². The minimum Gasteiger partial charge on any atom is -0.484 e. The minimum atomic E-state index is -0.00167. The molecule has 0 saturated carbocycles. The van der Waals surface area contributed by atoms with Crippen molar-refractivity contribution < 1.29 is 9.53 Å². The zero-order chi connectivity index (χ0) is 15.4. The number of ether oxygens (including phenoxy) is 1. The van der Waals surface area contributed by atoms with Crippen molar-refractivity contribution in [3.63, 3.8) is 0 Å². The van der Waals surface area contributed by atoms with Crippen LogP contribution in [-0.4, -0.2) is 28.9 Å². The molecule has 1 aromatic carbocycles. The fourth-order valence-corrected chi connectivity index (χ4v) is 3.38. The molecule has 1 aromatic heterocycles. The molecule has 116 valence electrons. The highest BCUT2D eigenvalue weighted by Crippen LogP contribution is 2.26. The van der Waals surface area contributed by atoms with E-state index < -0.39 is 0 Å². The second-order valence-corrected chi connectivity index (χ2v) is 6.39. The predicted octanol–water partition coefficient (Wildman–Crippen LogP) is 3.06. The van der Waals surface area contributed by atoms with Gasteiger partial charge in [0.05, 0.1) is 6.54 Å². The lowest BCUT2D eigenvalue weighted by Gasteiger charge is -2.19. The second-order valence-electron chi connectivity index (χ2n) is 5.41. The Kier molecular flexibility index (Phi) is 4.73. The summed E-state index contributed by atoms with van der Waals surface area (Å²) in [4.78, 5) is 18.3. The van der Waals surface area contributed by atoms with Crippen molar-refractivity contribution in [1.29, 1.82) is 0 Å². The highest BCUT2D eigenvalue weighted by molar-refractivity contribution is 7.09. The molecule has 0 bridgehead atoms. The standard InChI is InChI=1S/C17H20N2O2S/c1-2-19(11-16-18-8-9-22-16)17(20)12-21-15-7-6-13-4-3-5-14(13)10-15/h6-10H,2-5,11-12H2,1H3. The Bertz CT molecular complexity index is 640. The lowest BCUT2D eigenvalue weighted by Crippen LogP contribution is -2.34. The Labute approximate surface area is 134 Å². The van der Waals surface area contributed by atoms with Crippen LogP contribution in [0.2, 0.25) is 0 Å². The van der Waals surface area contributed by atoms with Crippen LogP contribution in [0, 0.1) is 0 Å². The van der Waals surface area contributed by atoms with Gasteiger partial charge in [-0.1, -0.05) is 6.07 Å². The Hall–Kier alpha value is -1.88. The van der Waals surface area contributed by atoms with Gasteiger partial charge in [-0.05, 0) is 49.4 Å². The number of amides is 1. The van der Waals surface area contributed by atoms with Crippen molar-refractivity contribution in [2.45, 2.75) is 32.7 Å². The van der Waals surface area contributed by atoms with E-state index in [-0.39, 0.29) is 12.5 Å². The molecule has 22 heavy (non-hydrogen) atoms. The summed E-state index contributed by atoms with van der Waals surface area (Å²) in [6.07, 6.45) is 5.26. The number of hydrogen-bond donors (Lipinski definition) is 0. The van der Waals surface area contributed by atoms with Crippen LogP contribution in [0.3, 0.4) is 0 Å². The van der Waals surface area contributed by atoms with Gasteiger partial charge < -0.3 is 9.64 Å². The van der Waals surface area contributed by atoms with Crippen molar-refractivity contribution in [3.8, 4) is 5.75 Å². The van der Waals surface area contributed by atoms with E-state index in [2.05, 4.69) is 17.1 Å². The molecule has 1 aliphatic rings. The first-order valence-corrected chi connectivity index (χ1v) is 8.55. The molecule has 1 aliphatic carbocycles. The largest absolute Gasteiger partial charge is 0.484 e. The van der Waals surface area contributed by atoms with Crippen molar-refractivity contribution in [2.75, 3.05) is 13.2 Å². The number of carbonyl (C=O) groups is 1. The molecule has 1 amide bonds. The van der Waals surface area contributed by atoms with Gasteiger partial charge in [-0.25, -0.2) is 4.98 Å². The monoisotopic (exact) mass is 316 g/mol. The number of fused-ring (bicyclic) bond motifs is 1. The zero-order valence-electron chi connectivity index (χ0n) is 12.7. The Balaban J connectivity index is 1.56. The average molecular weight is 316 g/mol. The van der Waals surface area contributed by atoms with Gasteiger partial charge in [0.15, 0.2) is 6.61 Å². The number of hydrogen-bond acceptors (Lipinski definition) is 4. The van der Waals surface area contributed by atoms with E-state index in [1.807, 2.05) is 18.4 Å². The van der Waals surface area contributed by atoms with Gasteiger partial charge in [0.1, 0.15) is 10.8 Å². The molecule has 2 aromatic rings. The molecule has 0 spiro atoms. The molecule has 5 heteroatoms. The predicted molar refractivity (Wildman–Crippen MR) is 87.2 cm³/mol. The molecule has 0 unspecified atom stereocenters. The van der Waals surface area contributed by atoms with Gasteiger partial charge in [-0.2, -0.15) is 0 Å². The van der Waals surface area contributed by atoms with Gasteiger partial charge in [0.25, 0.3) is 5.91 Å². The van der Waals surface area contributed by atoms with Crippen LogP contribution >= 0.6 is 11.3 Å². The van der Waals surface area contributed by atoms with Crippen LogP contribution in [0.4, 0.5) is 0 Å². The maximum atomic E-state index is 12.3. The summed E-state index contributed by atoms with van der Waals surface area (Å²) in [6.45, 7) is 3.27. The first-order valence-electron chi connectivity index (χ1n) is 7.67. The van der Waals surface area contributed by atoms with Crippen molar-refractivity contribution in [3.05, 3.63) is 45.9 Å². The third-order valence-electron chi connectivity index (χ3n) is 3.98. The molecular formula is C17H20N2O2S. The first-order chi connectivity index (χ1) is 10.8. The Morgan fingerprint density at radius 2 is 2.23 bits per heavy atom. The summed E-state index contributed by atoms with van der Waals surface area (Å²) in [5.41, 5.74) is 2.78. The molecule has 4 nitrogen and oxygen atoms in total. The highest BCUT2D eigenvalue weighted by atomic mass is 32.1. The number of likely N-dealkylation sites (N-methyl/N-ethyl adjacent to an activating group) is 1. The molecule has 0 N–H and O–H groups in total. The summed E-state index contributed by atoms with van der Waals surface area (Å²) >= 11 is 1.57. The van der Waals surface area contributed by atoms with Crippen molar-refractivity contribution in [1.82, 2.24) is 9.88 Å². The molecule has 0 saturated heterocycles. The zero-order valence-corrected chi connectivity index (χ0v) is 13.6. The molecule has 0 fully saturated rings. The molecule has 0 aliphatic heterocycles. The van der Waals surface area contributed by atoms with Gasteiger partial charge in [-0.3, -0.25) is 4.79 Å². The summed E-state index contributed by atoms with van der Waals surface area (Å²) < 4.78 is 5.69. The lowest BCUT2D eigenvalue weighted by molar-refractivity contribution is -0.133. The van der Waals surface area contributed by atoms with Crippen LogP contribution in [0.1, 0.15) is 29.5 Å². The van der Waals surface area contributed by atoms with E-state index in [0.29, 0.717) is 13.1 Å². The van der Waals surface area contributed by atoms with E-state index in [0.717, 1.165) is 23.6 Å². The van der Waals surface area contributed by atoms with Crippen LogP contribution in [0.15, 0.2) is 29.8 Å². The van der Waals surface area contributed by atoms with Gasteiger partial charge in [0, 0.05) is 18.1 Å². The van der Waals surface area contributed by atoms with Gasteiger partial charge >= 0.3 is 0 Å². The molecule has 0 atom stereocenters. The summed E-state index contributed by atoms with van der Waals surface area (Å²) in [6, 6.07) is 6.16. The molecule has 0 radical (unpaired) electrons. The maximum Gasteiger partial charge on any atom is 0.260 e. The normalized spacial score (nSPS) is 13.0. The maximum absolute atomic E-state index is 12.3. The number of aryl methyl sites for hydroxylation is 2. The number of benzene rings is 1. The van der Waals surface area contributed by atoms with Crippen LogP contribution in [-0.2, 0) is 24.2 Å². The summed E-state index contributed by atoms with van der Waals surface area (Å²) in [5, 5.41) is 2.88. The van der Waals surface area contributed by atoms with Crippen LogP contribution in [0.25, 0.3) is 0 Å². The van der Waals surface area contributed by atoms with Gasteiger partial charge in [0.2, 0.25) is 0 Å². The van der Waals surface area contributed by atoms with Crippen LogP contribution < -0.4 is 4.74 Å². The average Bonchev–Trinajstić information content (AvgIpc) is 3.20. The molecule has 3 rings (SSSR count). The van der Waals surface area contributed by atoms with Gasteiger partial charge in [-0.15, -0.1) is 11.3 Å². The lowest BCUT2D eigenvalue weighted by atomic mass is 10.1. The summed E-state index contributed by atoms with van der Waals surface area (Å²) in [7, 11) is 0. The number of thiazole rings is 1. The smallest absolute Gasteiger partial charge is 0.260 e. The molecular weight excluding hydrogens is 296 g/mol. The minimum absolute atomic E-state index is 0.00167.